The fraction of sp³-hybridized carbons (Fsp3) is 0.0278. The molecule has 12 aromatic rings. The Bertz CT molecular complexity index is 4170. The Hall–Kier alpha value is -9.50. The number of allylic oxidation sites excluding steroid dienone is 5. The minimum Gasteiger partial charge on any atom is -0.310 e. The highest BCUT2D eigenvalue weighted by Gasteiger charge is 2.25. The Morgan fingerprint density at radius 3 is 1.78 bits per heavy atom. The van der Waals surface area contributed by atoms with E-state index in [2.05, 4.69) is 295 Å². The summed E-state index contributed by atoms with van der Waals surface area (Å²) in [7, 11) is 0. The first kappa shape index (κ1) is 43.3. The number of rotatable bonds is 9. The Kier molecular flexibility index (Phi) is 10.7. The first-order valence-electron chi connectivity index (χ1n) is 25.7. The number of fused-ring (bicyclic) bond motifs is 7. The van der Waals surface area contributed by atoms with Crippen molar-refractivity contribution >= 4 is 61.3 Å². The molecule has 0 bridgehead atoms. The standard InChI is InChI=1S/C72H50N2/c1-4-16-49(17-5-1)56-37-43-68-70(47-56)74(60-24-8-3-9-25-60)71-48-59(50-18-6-2-7-19-50)46-69(72(68)71)57-23-14-26-63(45-57)73(62-40-34-54(35-41-62)66-29-15-22-52-20-10-12-27-64(52)66)61-38-32-51(33-39-61)55-36-42-67-58(44-55)31-30-53-21-11-13-28-65(53)67/h1-41,43-48,67H,42H2. The maximum absolute atomic E-state index is 2.46. The summed E-state index contributed by atoms with van der Waals surface area (Å²) < 4.78 is 2.46. The topological polar surface area (TPSA) is 8.17 Å². The molecule has 2 heteroatoms. The molecule has 1 atom stereocenters. The molecule has 0 saturated carbocycles. The van der Waals surface area contributed by atoms with Gasteiger partial charge in [-0.25, -0.2) is 0 Å². The zero-order valence-electron chi connectivity index (χ0n) is 40.8. The minimum atomic E-state index is 0.398. The van der Waals surface area contributed by atoms with Gasteiger partial charge in [-0.1, -0.05) is 218 Å². The number of anilines is 3. The Morgan fingerprint density at radius 2 is 1.00 bits per heavy atom. The van der Waals surface area contributed by atoms with E-state index in [0.717, 1.165) is 34.7 Å². The molecule has 0 aliphatic heterocycles. The Labute approximate surface area is 432 Å². The summed E-state index contributed by atoms with van der Waals surface area (Å²) in [5.41, 5.74) is 22.8. The molecule has 1 unspecified atom stereocenters. The van der Waals surface area contributed by atoms with Gasteiger partial charge in [-0.2, -0.15) is 0 Å². The van der Waals surface area contributed by atoms with Gasteiger partial charge in [-0.15, -0.1) is 0 Å². The van der Waals surface area contributed by atoms with Crippen LogP contribution in [0.25, 0.3) is 94.4 Å². The fourth-order valence-corrected chi connectivity index (χ4v) is 11.7. The molecule has 0 spiro atoms. The van der Waals surface area contributed by atoms with Gasteiger partial charge < -0.3 is 9.47 Å². The lowest BCUT2D eigenvalue weighted by Crippen LogP contribution is -2.11. The van der Waals surface area contributed by atoms with E-state index in [1.165, 1.54) is 99.4 Å². The van der Waals surface area contributed by atoms with E-state index < -0.39 is 0 Å². The van der Waals surface area contributed by atoms with Gasteiger partial charge >= 0.3 is 0 Å². The maximum Gasteiger partial charge on any atom is 0.0553 e. The van der Waals surface area contributed by atoms with Crippen molar-refractivity contribution in [1.82, 2.24) is 4.57 Å². The Morgan fingerprint density at radius 1 is 0.378 bits per heavy atom. The predicted octanol–water partition coefficient (Wildman–Crippen LogP) is 19.6. The summed E-state index contributed by atoms with van der Waals surface area (Å²) in [6, 6.07) is 95.7. The first-order valence-corrected chi connectivity index (χ1v) is 25.7. The number of benzene rings is 11. The molecule has 0 N–H and O–H groups in total. The smallest absolute Gasteiger partial charge is 0.0553 e. The highest BCUT2D eigenvalue weighted by atomic mass is 15.1. The van der Waals surface area contributed by atoms with Gasteiger partial charge in [-0.05, 0) is 156 Å². The van der Waals surface area contributed by atoms with E-state index in [-0.39, 0.29) is 0 Å². The van der Waals surface area contributed by atoms with Crippen molar-refractivity contribution in [1.29, 1.82) is 0 Å². The molecule has 0 radical (unpaired) electrons. The van der Waals surface area contributed by atoms with E-state index in [9.17, 15) is 0 Å². The van der Waals surface area contributed by atoms with Gasteiger partial charge in [-0.3, -0.25) is 0 Å². The van der Waals surface area contributed by atoms with Crippen LogP contribution in [-0.2, 0) is 0 Å². The summed E-state index contributed by atoms with van der Waals surface area (Å²) in [4.78, 5) is 2.42. The van der Waals surface area contributed by atoms with E-state index in [0.29, 0.717) is 5.92 Å². The van der Waals surface area contributed by atoms with Gasteiger partial charge in [0.1, 0.15) is 0 Å². The lowest BCUT2D eigenvalue weighted by molar-refractivity contribution is 0.813. The van der Waals surface area contributed by atoms with Crippen molar-refractivity contribution in [3.63, 3.8) is 0 Å². The van der Waals surface area contributed by atoms with Crippen LogP contribution in [0, 0.1) is 0 Å². The minimum absolute atomic E-state index is 0.398. The summed E-state index contributed by atoms with van der Waals surface area (Å²) in [5, 5.41) is 4.93. The summed E-state index contributed by atoms with van der Waals surface area (Å²) in [5.74, 6) is 0.398. The Balaban J connectivity index is 0.930. The summed E-state index contributed by atoms with van der Waals surface area (Å²) in [6.07, 6.45) is 10.4. The SMILES string of the molecule is C1=Cc2ccccc2C2CC=C(c3ccc(N(c4ccc(-c5cccc6ccccc56)cc4)c4cccc(-c5cc(-c6ccccc6)cc6c5c5ccc(-c7ccccc7)cc5n6-c5ccccc5)c4)cc3)C=C12. The van der Waals surface area contributed by atoms with Crippen LogP contribution in [0.1, 0.15) is 29.0 Å². The largest absolute Gasteiger partial charge is 0.310 e. The molecular formula is C72H50N2. The van der Waals surface area contributed by atoms with E-state index in [1.54, 1.807) is 0 Å². The van der Waals surface area contributed by atoms with Gasteiger partial charge in [0.25, 0.3) is 0 Å². The van der Waals surface area contributed by atoms with Gasteiger partial charge in [0.05, 0.1) is 11.0 Å². The van der Waals surface area contributed by atoms with E-state index >= 15 is 0 Å². The van der Waals surface area contributed by atoms with Crippen LogP contribution in [0.4, 0.5) is 17.1 Å². The maximum atomic E-state index is 2.46. The molecule has 0 saturated heterocycles. The second kappa shape index (κ2) is 18.3. The molecule has 2 aliphatic rings. The van der Waals surface area contributed by atoms with E-state index in [4.69, 9.17) is 0 Å². The van der Waals surface area contributed by atoms with Crippen molar-refractivity contribution in [2.24, 2.45) is 0 Å². The molecule has 1 aromatic heterocycles. The van der Waals surface area contributed by atoms with Crippen molar-refractivity contribution < 1.29 is 0 Å². The number of aromatic nitrogens is 1. The van der Waals surface area contributed by atoms with Crippen LogP contribution < -0.4 is 4.90 Å². The van der Waals surface area contributed by atoms with Gasteiger partial charge in [0.15, 0.2) is 0 Å². The second-order valence-electron chi connectivity index (χ2n) is 19.6. The van der Waals surface area contributed by atoms with Crippen LogP contribution in [0.15, 0.2) is 285 Å². The zero-order valence-corrected chi connectivity index (χ0v) is 40.8. The van der Waals surface area contributed by atoms with Crippen molar-refractivity contribution in [3.05, 3.63) is 301 Å². The van der Waals surface area contributed by atoms with Gasteiger partial charge in [0.2, 0.25) is 0 Å². The molecule has 348 valence electrons. The second-order valence-corrected chi connectivity index (χ2v) is 19.6. The number of hydrogen-bond acceptors (Lipinski definition) is 1. The molecule has 2 aliphatic carbocycles. The average Bonchev–Trinajstić information content (AvgIpc) is 3.81. The molecule has 14 rings (SSSR count). The van der Waals surface area contributed by atoms with Crippen LogP contribution in [0.2, 0.25) is 0 Å². The van der Waals surface area contributed by atoms with Crippen LogP contribution in [0.3, 0.4) is 0 Å². The molecule has 0 fully saturated rings. The normalized spacial score (nSPS) is 13.9. The van der Waals surface area contributed by atoms with Crippen LogP contribution >= 0.6 is 0 Å². The molecule has 0 amide bonds. The highest BCUT2D eigenvalue weighted by molar-refractivity contribution is 6.18. The van der Waals surface area contributed by atoms with Crippen LogP contribution in [-0.4, -0.2) is 4.57 Å². The van der Waals surface area contributed by atoms with Crippen molar-refractivity contribution in [2.75, 3.05) is 4.90 Å². The first-order chi connectivity index (χ1) is 36.7. The van der Waals surface area contributed by atoms with Gasteiger partial charge in [0, 0.05) is 39.4 Å². The van der Waals surface area contributed by atoms with Crippen LogP contribution in [0.5, 0.6) is 0 Å². The average molecular weight is 943 g/mol. The van der Waals surface area contributed by atoms with Crippen molar-refractivity contribution in [2.45, 2.75) is 12.3 Å². The fourth-order valence-electron chi connectivity index (χ4n) is 11.7. The quantitative estimate of drug-likeness (QED) is 0.140. The lowest BCUT2D eigenvalue weighted by Gasteiger charge is -2.28. The third-order valence-corrected chi connectivity index (χ3v) is 15.3. The number of nitrogens with zero attached hydrogens (tertiary/aromatic N) is 2. The highest BCUT2D eigenvalue weighted by Crippen LogP contribution is 2.46. The zero-order chi connectivity index (χ0) is 49.0. The summed E-state index contributed by atoms with van der Waals surface area (Å²) in [6.45, 7) is 0. The molecule has 2 nitrogen and oxygen atoms in total. The lowest BCUT2D eigenvalue weighted by atomic mass is 9.77. The molecule has 1 heterocycles. The third kappa shape index (κ3) is 7.67. The monoisotopic (exact) mass is 942 g/mol. The van der Waals surface area contributed by atoms with Crippen molar-refractivity contribution in [3.8, 4) is 50.2 Å². The predicted molar refractivity (Wildman–Crippen MR) is 314 cm³/mol. The molecule has 11 aromatic carbocycles. The molecule has 74 heavy (non-hydrogen) atoms. The van der Waals surface area contributed by atoms with E-state index in [1.807, 2.05) is 0 Å². The number of hydrogen-bond donors (Lipinski definition) is 0. The third-order valence-electron chi connectivity index (χ3n) is 15.3. The summed E-state index contributed by atoms with van der Waals surface area (Å²) >= 11 is 0. The molecular weight excluding hydrogens is 893 g/mol. The number of para-hydroxylation sites is 1.